The first-order chi connectivity index (χ1) is 15.7. The molecule has 33 heavy (non-hydrogen) atoms. The van der Waals surface area contributed by atoms with Gasteiger partial charge >= 0.3 is 18.2 Å². The zero-order chi connectivity index (χ0) is 24.1. The van der Waals surface area contributed by atoms with Crippen LogP contribution in [0.1, 0.15) is 17.5 Å². The van der Waals surface area contributed by atoms with Crippen molar-refractivity contribution in [3.05, 3.63) is 71.8 Å². The summed E-state index contributed by atoms with van der Waals surface area (Å²) in [6.07, 6.45) is -9.49. The van der Waals surface area contributed by atoms with Crippen molar-refractivity contribution < 1.29 is 41.4 Å². The summed E-state index contributed by atoms with van der Waals surface area (Å²) in [5, 5.41) is 0. The van der Waals surface area contributed by atoms with Crippen LogP contribution >= 0.6 is 0 Å². The Balaban J connectivity index is 1.65. The fourth-order valence-electron chi connectivity index (χ4n) is 3.60. The fourth-order valence-corrected chi connectivity index (χ4v) is 3.60. The number of carbonyl (C=O) groups excluding carboxylic acids is 2. The van der Waals surface area contributed by atoms with Crippen molar-refractivity contribution in [3.8, 4) is 0 Å². The Labute approximate surface area is 188 Å². The number of esters is 1. The molecule has 1 aliphatic rings. The van der Waals surface area contributed by atoms with Crippen LogP contribution in [-0.4, -0.2) is 55.6 Å². The molecule has 10 heteroatoms. The second kappa shape index (κ2) is 10.2. The zero-order valence-electron chi connectivity index (χ0n) is 17.8. The number of nitrogens with zero attached hydrogens (tertiary/aromatic N) is 1. The van der Waals surface area contributed by atoms with Gasteiger partial charge in [-0.2, -0.15) is 13.2 Å². The van der Waals surface area contributed by atoms with Crippen molar-refractivity contribution in [2.45, 2.75) is 37.1 Å². The summed E-state index contributed by atoms with van der Waals surface area (Å²) < 4.78 is 71.4. The number of benzene rings is 2. The molecule has 3 atom stereocenters. The van der Waals surface area contributed by atoms with Gasteiger partial charge in [0.2, 0.25) is 0 Å². The van der Waals surface area contributed by atoms with Gasteiger partial charge in [-0.3, -0.25) is 0 Å². The molecule has 1 fully saturated rings. The highest BCUT2D eigenvalue weighted by molar-refractivity contribution is 5.83. The highest BCUT2D eigenvalue weighted by Gasteiger charge is 2.64. The van der Waals surface area contributed by atoms with E-state index in [4.69, 9.17) is 9.47 Å². The van der Waals surface area contributed by atoms with E-state index in [2.05, 4.69) is 4.74 Å². The molecule has 3 rings (SSSR count). The number of halogens is 4. The van der Waals surface area contributed by atoms with Crippen molar-refractivity contribution in [2.75, 3.05) is 20.2 Å². The number of hydrogen-bond donors (Lipinski definition) is 0. The largest absolute Gasteiger partial charge is 0.456 e. The summed E-state index contributed by atoms with van der Waals surface area (Å²) in [7, 11) is 0.736. The zero-order valence-corrected chi connectivity index (χ0v) is 17.8. The van der Waals surface area contributed by atoms with E-state index in [1.54, 1.807) is 30.3 Å². The summed E-state index contributed by atoms with van der Waals surface area (Å²) in [6, 6.07) is 15.1. The number of methoxy groups -OCH3 is 1. The van der Waals surface area contributed by atoms with Crippen LogP contribution in [-0.2, 0) is 31.2 Å². The number of amides is 1. The highest BCUT2D eigenvalue weighted by Crippen LogP contribution is 2.43. The minimum absolute atomic E-state index is 0.00937. The van der Waals surface area contributed by atoms with Gasteiger partial charge in [0.1, 0.15) is 12.7 Å². The van der Waals surface area contributed by atoms with E-state index >= 15 is 0 Å². The second-order valence-electron chi connectivity index (χ2n) is 7.48. The maximum Gasteiger partial charge on any atom is 0.432 e. The van der Waals surface area contributed by atoms with E-state index < -0.39 is 48.2 Å². The molecule has 0 bridgehead atoms. The minimum Gasteiger partial charge on any atom is -0.456 e. The molecule has 0 aromatic heterocycles. The summed E-state index contributed by atoms with van der Waals surface area (Å²) in [5.74, 6) is -1.77. The van der Waals surface area contributed by atoms with E-state index in [0.29, 0.717) is 0 Å². The summed E-state index contributed by atoms with van der Waals surface area (Å²) in [4.78, 5) is 26.0. The first-order valence-electron chi connectivity index (χ1n) is 10.2. The lowest BCUT2D eigenvalue weighted by Crippen LogP contribution is -2.55. The molecular weight excluding hydrogens is 446 g/mol. The molecule has 0 spiro atoms. The van der Waals surface area contributed by atoms with Crippen LogP contribution in [0.3, 0.4) is 0 Å². The smallest absolute Gasteiger partial charge is 0.432 e. The van der Waals surface area contributed by atoms with Crippen LogP contribution in [0.4, 0.5) is 22.4 Å². The fraction of sp³-hybridized carbons (Fsp3) is 0.391. The standard InChI is InChI=1S/C23H23F4NO5/c1-31-22(23(25,26)27,17-10-6-3-7-11-17)20(29)33-19-12-13-28(14-18(19)24)21(30)32-15-16-8-4-2-5-9-16/h2-11,18-19H,12-15H2,1H3/t18-,19+,22+/m0/s1. The van der Waals surface area contributed by atoms with Crippen LogP contribution < -0.4 is 0 Å². The van der Waals surface area contributed by atoms with Crippen molar-refractivity contribution in [1.82, 2.24) is 4.90 Å². The Morgan fingerprint density at radius 2 is 1.64 bits per heavy atom. The van der Waals surface area contributed by atoms with E-state index in [-0.39, 0.29) is 19.6 Å². The van der Waals surface area contributed by atoms with Crippen LogP contribution in [0.25, 0.3) is 0 Å². The van der Waals surface area contributed by atoms with Crippen molar-refractivity contribution in [2.24, 2.45) is 0 Å². The lowest BCUT2D eigenvalue weighted by Gasteiger charge is -2.37. The average Bonchev–Trinajstić information content (AvgIpc) is 2.80. The Hall–Kier alpha value is -3.14. The van der Waals surface area contributed by atoms with Gasteiger partial charge in [-0.05, 0) is 5.56 Å². The molecule has 0 saturated carbocycles. The molecule has 178 valence electrons. The molecule has 1 amide bonds. The van der Waals surface area contributed by atoms with E-state index in [0.717, 1.165) is 29.7 Å². The van der Waals surface area contributed by atoms with Gasteiger partial charge in [0, 0.05) is 25.6 Å². The first-order valence-corrected chi connectivity index (χ1v) is 10.2. The van der Waals surface area contributed by atoms with Crippen LogP contribution in [0.15, 0.2) is 60.7 Å². The van der Waals surface area contributed by atoms with E-state index in [9.17, 15) is 27.2 Å². The lowest BCUT2D eigenvalue weighted by molar-refractivity contribution is -0.279. The molecule has 2 aromatic carbocycles. The number of hydrogen-bond acceptors (Lipinski definition) is 5. The van der Waals surface area contributed by atoms with Gasteiger partial charge in [-0.1, -0.05) is 60.7 Å². The third kappa shape index (κ3) is 5.27. The third-order valence-electron chi connectivity index (χ3n) is 5.38. The molecule has 2 aromatic rings. The van der Waals surface area contributed by atoms with Crippen LogP contribution in [0.5, 0.6) is 0 Å². The lowest BCUT2D eigenvalue weighted by atomic mass is 9.92. The predicted octanol–water partition coefficient (Wildman–Crippen LogP) is 4.38. The molecule has 1 saturated heterocycles. The molecule has 0 aliphatic carbocycles. The minimum atomic E-state index is -5.16. The summed E-state index contributed by atoms with van der Waals surface area (Å²) in [5.41, 5.74) is -3.14. The Morgan fingerprint density at radius 1 is 1.03 bits per heavy atom. The van der Waals surface area contributed by atoms with Crippen molar-refractivity contribution in [3.63, 3.8) is 0 Å². The second-order valence-corrected chi connectivity index (χ2v) is 7.48. The van der Waals surface area contributed by atoms with Gasteiger partial charge in [0.05, 0.1) is 6.54 Å². The molecule has 0 radical (unpaired) electrons. The Kier molecular flexibility index (Phi) is 7.57. The third-order valence-corrected chi connectivity index (χ3v) is 5.38. The first kappa shape index (κ1) is 24.5. The van der Waals surface area contributed by atoms with Gasteiger partial charge < -0.3 is 19.1 Å². The number of piperidine rings is 1. The van der Waals surface area contributed by atoms with Crippen molar-refractivity contribution >= 4 is 12.1 Å². The Morgan fingerprint density at radius 3 is 2.18 bits per heavy atom. The van der Waals surface area contributed by atoms with Gasteiger partial charge in [0.25, 0.3) is 5.60 Å². The number of alkyl halides is 4. The van der Waals surface area contributed by atoms with Gasteiger partial charge in [-0.25, -0.2) is 14.0 Å². The maximum absolute atomic E-state index is 14.7. The number of likely N-dealkylation sites (tertiary alicyclic amines) is 1. The summed E-state index contributed by atoms with van der Waals surface area (Å²) in [6.45, 7) is -0.545. The van der Waals surface area contributed by atoms with Crippen molar-refractivity contribution in [1.29, 1.82) is 0 Å². The highest BCUT2D eigenvalue weighted by atomic mass is 19.4. The molecule has 1 heterocycles. The normalized spacial score (nSPS) is 20.6. The van der Waals surface area contributed by atoms with Gasteiger partial charge in [-0.15, -0.1) is 0 Å². The van der Waals surface area contributed by atoms with Gasteiger partial charge in [0.15, 0.2) is 6.17 Å². The topological polar surface area (TPSA) is 65.1 Å². The summed E-state index contributed by atoms with van der Waals surface area (Å²) >= 11 is 0. The average molecular weight is 469 g/mol. The Bertz CT molecular complexity index is 941. The number of ether oxygens (including phenoxy) is 3. The van der Waals surface area contributed by atoms with Crippen LogP contribution in [0.2, 0.25) is 0 Å². The SMILES string of the molecule is CO[C@@](C(=O)O[C@@H]1CCN(C(=O)OCc2ccccc2)C[C@@H]1F)(c1ccccc1)C(F)(F)F. The van der Waals surface area contributed by atoms with E-state index in [1.807, 2.05) is 0 Å². The van der Waals surface area contributed by atoms with Crippen LogP contribution in [0, 0.1) is 0 Å². The molecule has 1 aliphatic heterocycles. The quantitative estimate of drug-likeness (QED) is 0.464. The number of rotatable bonds is 6. The predicted molar refractivity (Wildman–Crippen MR) is 109 cm³/mol. The molecule has 6 nitrogen and oxygen atoms in total. The molecule has 0 N–H and O–H groups in total. The molecule has 0 unspecified atom stereocenters. The number of carbonyl (C=O) groups is 2. The monoisotopic (exact) mass is 469 g/mol. The molecular formula is C23H23F4NO5. The van der Waals surface area contributed by atoms with E-state index in [1.165, 1.54) is 18.2 Å². The maximum atomic E-state index is 14.7.